The lowest BCUT2D eigenvalue weighted by atomic mass is 9.93. The number of hydrogen-bond acceptors (Lipinski definition) is 4. The number of Topliss-reactive ketones (excluding diaryl/α,β-unsaturated/α-hetero) is 1. The predicted octanol–water partition coefficient (Wildman–Crippen LogP) is 1.96. The van der Waals surface area contributed by atoms with Gasteiger partial charge in [-0.2, -0.15) is 8.78 Å². The highest BCUT2D eigenvalue weighted by atomic mass is 19.3. The van der Waals surface area contributed by atoms with Crippen LogP contribution >= 0.6 is 0 Å². The summed E-state index contributed by atoms with van der Waals surface area (Å²) in [5, 5.41) is 0. The van der Waals surface area contributed by atoms with Gasteiger partial charge < -0.3 is 9.47 Å². The van der Waals surface area contributed by atoms with Crippen LogP contribution in [0.3, 0.4) is 0 Å². The Bertz CT molecular complexity index is 291. The Morgan fingerprint density at radius 1 is 1.12 bits per heavy atom. The lowest BCUT2D eigenvalue weighted by Crippen LogP contribution is -2.52. The highest BCUT2D eigenvalue weighted by molar-refractivity contribution is 6.09. The normalized spacial score (nSPS) is 15.2. The summed E-state index contributed by atoms with van der Waals surface area (Å²) < 4.78 is 36.2. The molecule has 0 aliphatic carbocycles. The highest BCUT2D eigenvalue weighted by Crippen LogP contribution is 2.28. The molecule has 0 saturated carbocycles. The molecule has 0 heterocycles. The van der Waals surface area contributed by atoms with E-state index in [1.54, 1.807) is 6.92 Å². The molecule has 1 atom stereocenters. The van der Waals surface area contributed by atoms with Crippen LogP contribution in [-0.2, 0) is 19.1 Å². The molecule has 0 spiro atoms. The fraction of sp³-hybridized carbons (Fsp3) is 0.818. The minimum atomic E-state index is -4.17. The fourth-order valence-electron chi connectivity index (χ4n) is 1.29. The molecule has 0 fully saturated rings. The molecule has 0 saturated heterocycles. The van der Waals surface area contributed by atoms with Crippen molar-refractivity contribution in [3.05, 3.63) is 0 Å². The number of esters is 1. The Hall–Kier alpha value is -1.04. The van der Waals surface area contributed by atoms with Crippen LogP contribution in [0.15, 0.2) is 0 Å². The zero-order chi connectivity index (χ0) is 13.7. The molecule has 1 unspecified atom stereocenters. The van der Waals surface area contributed by atoms with Crippen molar-refractivity contribution >= 4 is 11.8 Å². The number of carbonyl (C=O) groups is 2. The SMILES string of the molecule is CCOC(=O)C(F)(F)C(=O)C(C)(CC)OCC. The number of rotatable bonds is 7. The second kappa shape index (κ2) is 6.05. The van der Waals surface area contributed by atoms with Crippen LogP contribution < -0.4 is 0 Å². The van der Waals surface area contributed by atoms with Crippen molar-refractivity contribution < 1.29 is 27.8 Å². The molecular weight excluding hydrogens is 234 g/mol. The van der Waals surface area contributed by atoms with Gasteiger partial charge in [-0.1, -0.05) is 6.92 Å². The van der Waals surface area contributed by atoms with E-state index in [2.05, 4.69) is 4.74 Å². The van der Waals surface area contributed by atoms with Gasteiger partial charge in [0.05, 0.1) is 6.61 Å². The highest BCUT2D eigenvalue weighted by Gasteiger charge is 2.56. The zero-order valence-electron chi connectivity index (χ0n) is 10.5. The second-order valence-electron chi connectivity index (χ2n) is 3.64. The number of ketones is 1. The van der Waals surface area contributed by atoms with E-state index in [-0.39, 0.29) is 19.6 Å². The third-order valence-electron chi connectivity index (χ3n) is 2.43. The predicted molar refractivity (Wildman–Crippen MR) is 56.9 cm³/mol. The van der Waals surface area contributed by atoms with E-state index >= 15 is 0 Å². The average molecular weight is 252 g/mol. The molecule has 0 radical (unpaired) electrons. The molecule has 0 amide bonds. The van der Waals surface area contributed by atoms with E-state index in [1.165, 1.54) is 20.8 Å². The van der Waals surface area contributed by atoms with Gasteiger partial charge in [-0.3, -0.25) is 4.79 Å². The first-order chi connectivity index (χ1) is 7.76. The minimum Gasteiger partial charge on any atom is -0.461 e. The fourth-order valence-corrected chi connectivity index (χ4v) is 1.29. The first-order valence-electron chi connectivity index (χ1n) is 5.50. The van der Waals surface area contributed by atoms with E-state index in [1.807, 2.05) is 0 Å². The van der Waals surface area contributed by atoms with E-state index in [0.717, 1.165) is 0 Å². The third-order valence-corrected chi connectivity index (χ3v) is 2.43. The number of carbonyl (C=O) groups excluding carboxylic acids is 2. The quantitative estimate of drug-likeness (QED) is 0.513. The number of halogens is 2. The van der Waals surface area contributed by atoms with Gasteiger partial charge in [0, 0.05) is 6.61 Å². The molecule has 6 heteroatoms. The largest absolute Gasteiger partial charge is 0.461 e. The maximum atomic E-state index is 13.5. The maximum Gasteiger partial charge on any atom is 0.402 e. The van der Waals surface area contributed by atoms with Gasteiger partial charge in [0.15, 0.2) is 0 Å². The van der Waals surface area contributed by atoms with Gasteiger partial charge in [0.1, 0.15) is 5.60 Å². The molecule has 0 aromatic carbocycles. The summed E-state index contributed by atoms with van der Waals surface area (Å²) in [6.07, 6.45) is 0.0503. The average Bonchev–Trinajstić information content (AvgIpc) is 2.28. The monoisotopic (exact) mass is 252 g/mol. The van der Waals surface area contributed by atoms with Crippen LogP contribution in [0.1, 0.15) is 34.1 Å². The zero-order valence-corrected chi connectivity index (χ0v) is 10.5. The van der Waals surface area contributed by atoms with E-state index < -0.39 is 23.3 Å². The molecule has 0 aromatic rings. The van der Waals surface area contributed by atoms with Crippen molar-refractivity contribution in [3.8, 4) is 0 Å². The first kappa shape index (κ1) is 16.0. The van der Waals surface area contributed by atoms with Gasteiger partial charge in [-0.15, -0.1) is 0 Å². The third kappa shape index (κ3) is 3.46. The van der Waals surface area contributed by atoms with Crippen LogP contribution in [0, 0.1) is 0 Å². The van der Waals surface area contributed by atoms with Gasteiger partial charge in [-0.05, 0) is 27.2 Å². The lowest BCUT2D eigenvalue weighted by molar-refractivity contribution is -0.187. The Morgan fingerprint density at radius 2 is 1.65 bits per heavy atom. The molecule has 0 aromatic heterocycles. The van der Waals surface area contributed by atoms with Crippen molar-refractivity contribution in [3.63, 3.8) is 0 Å². The summed E-state index contributed by atoms with van der Waals surface area (Å²) in [5.41, 5.74) is -1.68. The molecule has 17 heavy (non-hydrogen) atoms. The van der Waals surface area contributed by atoms with Crippen molar-refractivity contribution in [1.29, 1.82) is 0 Å². The van der Waals surface area contributed by atoms with Crippen molar-refractivity contribution in [1.82, 2.24) is 0 Å². The van der Waals surface area contributed by atoms with Crippen molar-refractivity contribution in [2.45, 2.75) is 45.6 Å². The van der Waals surface area contributed by atoms with Crippen molar-refractivity contribution in [2.75, 3.05) is 13.2 Å². The van der Waals surface area contributed by atoms with Gasteiger partial charge >= 0.3 is 11.9 Å². The molecule has 0 rings (SSSR count). The molecule has 0 bridgehead atoms. The molecule has 0 N–H and O–H groups in total. The van der Waals surface area contributed by atoms with Crippen molar-refractivity contribution in [2.24, 2.45) is 0 Å². The van der Waals surface area contributed by atoms with Crippen LogP contribution in [0.4, 0.5) is 8.78 Å². The smallest absolute Gasteiger partial charge is 0.402 e. The maximum absolute atomic E-state index is 13.5. The Balaban J connectivity index is 5.05. The minimum absolute atomic E-state index is 0.0503. The summed E-state index contributed by atoms with van der Waals surface area (Å²) in [7, 11) is 0. The molecule has 0 aliphatic heterocycles. The van der Waals surface area contributed by atoms with Gasteiger partial charge in [0.25, 0.3) is 0 Å². The van der Waals surface area contributed by atoms with Crippen LogP contribution in [0.25, 0.3) is 0 Å². The summed E-state index contributed by atoms with van der Waals surface area (Å²) in [5.74, 6) is -7.56. The second-order valence-corrected chi connectivity index (χ2v) is 3.64. The van der Waals surface area contributed by atoms with Gasteiger partial charge in [-0.25, -0.2) is 4.79 Å². The molecule has 0 aliphatic rings. The Morgan fingerprint density at radius 3 is 2.00 bits per heavy atom. The number of alkyl halides is 2. The van der Waals surface area contributed by atoms with E-state index in [4.69, 9.17) is 4.74 Å². The summed E-state index contributed by atoms with van der Waals surface area (Å²) in [6, 6.07) is 0. The first-order valence-corrected chi connectivity index (χ1v) is 5.50. The number of ether oxygens (including phenoxy) is 2. The standard InChI is InChI=1S/C11H18F2O4/c1-5-10(4,17-7-3)8(14)11(12,13)9(15)16-6-2/h5-7H2,1-4H3. The lowest BCUT2D eigenvalue weighted by Gasteiger charge is -2.29. The van der Waals surface area contributed by atoms with Crippen LogP contribution in [-0.4, -0.2) is 36.5 Å². The molecule has 100 valence electrons. The van der Waals surface area contributed by atoms with E-state index in [0.29, 0.717) is 0 Å². The molecule has 4 nitrogen and oxygen atoms in total. The number of hydrogen-bond donors (Lipinski definition) is 0. The Labute approximate surface area is 99.3 Å². The summed E-state index contributed by atoms with van der Waals surface area (Å²) in [4.78, 5) is 22.7. The summed E-state index contributed by atoms with van der Waals surface area (Å²) in [6.45, 7) is 5.65. The topological polar surface area (TPSA) is 52.6 Å². The van der Waals surface area contributed by atoms with Crippen LogP contribution in [0.5, 0.6) is 0 Å². The van der Waals surface area contributed by atoms with Gasteiger partial charge in [0.2, 0.25) is 5.78 Å². The Kier molecular flexibility index (Phi) is 5.68. The van der Waals surface area contributed by atoms with E-state index in [9.17, 15) is 18.4 Å². The summed E-state index contributed by atoms with van der Waals surface area (Å²) >= 11 is 0. The molecular formula is C11H18F2O4. The van der Waals surface area contributed by atoms with Crippen LogP contribution in [0.2, 0.25) is 0 Å².